The van der Waals surface area contributed by atoms with Crippen LogP contribution in [0.2, 0.25) is 0 Å². The van der Waals surface area contributed by atoms with Gasteiger partial charge >= 0.3 is 5.97 Å². The standard InChI is InChI=1S/C26H33N3O5/c1-4-6-20-7-12-23(24(17-20)32-3)33-19-26(31)34-18-25(30)27-21-8-10-22(11-9-21)29-15-13-28(5-2)14-16-29/h4,6-12,17H,5,13-16,18-19H2,1-3H3,(H,27,30)/b6-4+. The van der Waals surface area contributed by atoms with E-state index in [0.29, 0.717) is 17.2 Å². The summed E-state index contributed by atoms with van der Waals surface area (Å²) in [5.74, 6) is -0.118. The molecular weight excluding hydrogens is 434 g/mol. The average molecular weight is 468 g/mol. The van der Waals surface area contributed by atoms with Gasteiger partial charge in [-0.1, -0.05) is 25.1 Å². The summed E-state index contributed by atoms with van der Waals surface area (Å²) in [7, 11) is 1.53. The van der Waals surface area contributed by atoms with E-state index >= 15 is 0 Å². The van der Waals surface area contributed by atoms with Gasteiger partial charge in [0, 0.05) is 37.6 Å². The molecule has 0 spiro atoms. The number of nitrogens with one attached hydrogen (secondary N) is 1. The highest BCUT2D eigenvalue weighted by Crippen LogP contribution is 2.28. The number of likely N-dealkylation sites (N-methyl/N-ethyl adjacent to an activating group) is 1. The second kappa shape index (κ2) is 12.6. The van der Waals surface area contributed by atoms with Crippen molar-refractivity contribution in [2.45, 2.75) is 13.8 Å². The number of carbonyl (C=O) groups excluding carboxylic acids is 2. The van der Waals surface area contributed by atoms with Crippen LogP contribution in [-0.4, -0.2) is 69.8 Å². The van der Waals surface area contributed by atoms with Gasteiger partial charge in [-0.2, -0.15) is 0 Å². The number of ether oxygens (including phenoxy) is 3. The van der Waals surface area contributed by atoms with Crippen LogP contribution in [0, 0.1) is 0 Å². The van der Waals surface area contributed by atoms with Gasteiger partial charge in [0.25, 0.3) is 5.91 Å². The van der Waals surface area contributed by atoms with Crippen molar-refractivity contribution in [1.82, 2.24) is 4.90 Å². The summed E-state index contributed by atoms with van der Waals surface area (Å²) in [6.07, 6.45) is 3.85. The Morgan fingerprint density at radius 3 is 2.38 bits per heavy atom. The van der Waals surface area contributed by atoms with Gasteiger partial charge in [0.1, 0.15) is 0 Å². The molecule has 0 radical (unpaired) electrons. The molecule has 0 atom stereocenters. The molecule has 1 aliphatic heterocycles. The number of hydrogen-bond donors (Lipinski definition) is 1. The van der Waals surface area contributed by atoms with Crippen molar-refractivity contribution in [3.63, 3.8) is 0 Å². The van der Waals surface area contributed by atoms with Gasteiger partial charge in [-0.05, 0) is 55.4 Å². The Balaban J connectivity index is 1.41. The van der Waals surface area contributed by atoms with E-state index in [1.54, 1.807) is 6.07 Å². The van der Waals surface area contributed by atoms with Crippen molar-refractivity contribution >= 4 is 29.3 Å². The second-order valence-electron chi connectivity index (χ2n) is 7.88. The number of carbonyl (C=O) groups is 2. The van der Waals surface area contributed by atoms with Gasteiger partial charge in [0.05, 0.1) is 7.11 Å². The minimum Gasteiger partial charge on any atom is -0.493 e. The van der Waals surface area contributed by atoms with E-state index in [9.17, 15) is 9.59 Å². The smallest absolute Gasteiger partial charge is 0.344 e. The van der Waals surface area contributed by atoms with Gasteiger partial charge < -0.3 is 29.3 Å². The van der Waals surface area contributed by atoms with Crippen LogP contribution in [0.5, 0.6) is 11.5 Å². The zero-order valence-electron chi connectivity index (χ0n) is 20.1. The summed E-state index contributed by atoms with van der Waals surface area (Å²) < 4.78 is 15.8. The minimum atomic E-state index is -0.642. The lowest BCUT2D eigenvalue weighted by molar-refractivity contribution is -0.149. The van der Waals surface area contributed by atoms with Crippen LogP contribution in [-0.2, 0) is 14.3 Å². The predicted molar refractivity (Wildman–Crippen MR) is 134 cm³/mol. The second-order valence-corrected chi connectivity index (χ2v) is 7.88. The van der Waals surface area contributed by atoms with Crippen LogP contribution in [0.4, 0.5) is 11.4 Å². The van der Waals surface area contributed by atoms with Crippen LogP contribution >= 0.6 is 0 Å². The Morgan fingerprint density at radius 2 is 1.74 bits per heavy atom. The van der Waals surface area contributed by atoms with Crippen molar-refractivity contribution < 1.29 is 23.8 Å². The van der Waals surface area contributed by atoms with Gasteiger partial charge in [-0.25, -0.2) is 4.79 Å². The van der Waals surface area contributed by atoms with Gasteiger partial charge in [-0.15, -0.1) is 0 Å². The fraction of sp³-hybridized carbons (Fsp3) is 0.385. The molecule has 1 N–H and O–H groups in total. The number of anilines is 2. The molecule has 3 rings (SSSR count). The maximum Gasteiger partial charge on any atom is 0.344 e. The summed E-state index contributed by atoms with van der Waals surface area (Å²) in [5, 5.41) is 2.74. The van der Waals surface area contributed by atoms with E-state index in [4.69, 9.17) is 14.2 Å². The largest absolute Gasteiger partial charge is 0.493 e. The van der Waals surface area contributed by atoms with Gasteiger partial charge in [-0.3, -0.25) is 4.79 Å². The zero-order chi connectivity index (χ0) is 24.3. The maximum atomic E-state index is 12.2. The van der Waals surface area contributed by atoms with Gasteiger partial charge in [0.2, 0.25) is 0 Å². The molecule has 1 saturated heterocycles. The lowest BCUT2D eigenvalue weighted by atomic mass is 10.2. The summed E-state index contributed by atoms with van der Waals surface area (Å²) in [6.45, 7) is 8.55. The normalized spacial score (nSPS) is 14.1. The third-order valence-corrected chi connectivity index (χ3v) is 5.59. The Kier molecular flexibility index (Phi) is 9.34. The first kappa shape index (κ1) is 25.1. The van der Waals surface area contributed by atoms with Crippen molar-refractivity contribution in [1.29, 1.82) is 0 Å². The van der Waals surface area contributed by atoms with Gasteiger partial charge in [0.15, 0.2) is 24.7 Å². The number of piperazine rings is 1. The SMILES string of the molecule is C/C=C/c1ccc(OCC(=O)OCC(=O)Nc2ccc(N3CCN(CC)CC3)cc2)c(OC)c1. The molecule has 0 saturated carbocycles. The lowest BCUT2D eigenvalue weighted by Crippen LogP contribution is -2.46. The molecule has 2 aromatic carbocycles. The molecule has 1 fully saturated rings. The van der Waals surface area contributed by atoms with E-state index in [1.807, 2.05) is 55.5 Å². The first-order valence-electron chi connectivity index (χ1n) is 11.5. The average Bonchev–Trinajstić information content (AvgIpc) is 2.87. The monoisotopic (exact) mass is 467 g/mol. The lowest BCUT2D eigenvalue weighted by Gasteiger charge is -2.35. The number of hydrogen-bond acceptors (Lipinski definition) is 7. The number of nitrogens with zero attached hydrogens (tertiary/aromatic N) is 2. The maximum absolute atomic E-state index is 12.2. The molecule has 1 aliphatic rings. The number of allylic oxidation sites excluding steroid dienone is 1. The zero-order valence-corrected chi connectivity index (χ0v) is 20.1. The van der Waals surface area contributed by atoms with Crippen LogP contribution in [0.3, 0.4) is 0 Å². The van der Waals surface area contributed by atoms with Crippen molar-refractivity contribution in [2.75, 3.05) is 63.3 Å². The fourth-order valence-corrected chi connectivity index (χ4v) is 3.70. The first-order chi connectivity index (χ1) is 16.5. The quantitative estimate of drug-likeness (QED) is 0.536. The minimum absolute atomic E-state index is 0.327. The number of benzene rings is 2. The fourth-order valence-electron chi connectivity index (χ4n) is 3.70. The van der Waals surface area contributed by atoms with E-state index in [0.717, 1.165) is 44.0 Å². The molecule has 8 heteroatoms. The Hall–Kier alpha value is -3.52. The molecule has 34 heavy (non-hydrogen) atoms. The van der Waals surface area contributed by atoms with E-state index in [2.05, 4.69) is 22.0 Å². The number of amides is 1. The highest BCUT2D eigenvalue weighted by atomic mass is 16.6. The number of esters is 1. The number of rotatable bonds is 10. The Bertz CT molecular complexity index is 982. The summed E-state index contributed by atoms with van der Waals surface area (Å²) in [4.78, 5) is 29.0. The van der Waals surface area contributed by atoms with Crippen molar-refractivity contribution in [3.8, 4) is 11.5 Å². The van der Waals surface area contributed by atoms with Crippen LogP contribution in [0.1, 0.15) is 19.4 Å². The third kappa shape index (κ3) is 7.25. The Morgan fingerprint density at radius 1 is 1.00 bits per heavy atom. The highest BCUT2D eigenvalue weighted by Gasteiger charge is 2.16. The van der Waals surface area contributed by atoms with E-state index in [-0.39, 0.29) is 13.2 Å². The molecular formula is C26H33N3O5. The van der Waals surface area contributed by atoms with Crippen LogP contribution < -0.4 is 19.7 Å². The molecule has 1 heterocycles. The molecule has 0 bridgehead atoms. The van der Waals surface area contributed by atoms with E-state index < -0.39 is 11.9 Å². The first-order valence-corrected chi connectivity index (χ1v) is 11.5. The summed E-state index contributed by atoms with van der Waals surface area (Å²) >= 11 is 0. The third-order valence-electron chi connectivity index (χ3n) is 5.59. The summed E-state index contributed by atoms with van der Waals surface area (Å²) in [5.41, 5.74) is 2.74. The molecule has 182 valence electrons. The van der Waals surface area contributed by atoms with Crippen molar-refractivity contribution in [2.24, 2.45) is 0 Å². The molecule has 2 aromatic rings. The topological polar surface area (TPSA) is 80.3 Å². The van der Waals surface area contributed by atoms with Crippen LogP contribution in [0.25, 0.3) is 6.08 Å². The molecule has 0 unspecified atom stereocenters. The Labute approximate surface area is 201 Å². The molecule has 0 aliphatic carbocycles. The van der Waals surface area contributed by atoms with Crippen LogP contribution in [0.15, 0.2) is 48.5 Å². The molecule has 1 amide bonds. The molecule has 8 nitrogen and oxygen atoms in total. The predicted octanol–water partition coefficient (Wildman–Crippen LogP) is 3.43. The number of methoxy groups -OCH3 is 1. The summed E-state index contributed by atoms with van der Waals surface area (Å²) in [6, 6.07) is 13.1. The molecule has 0 aromatic heterocycles. The highest BCUT2D eigenvalue weighted by molar-refractivity contribution is 5.93. The van der Waals surface area contributed by atoms with E-state index in [1.165, 1.54) is 7.11 Å². The van der Waals surface area contributed by atoms with Crippen molar-refractivity contribution in [3.05, 3.63) is 54.1 Å².